The van der Waals surface area contributed by atoms with E-state index in [0.717, 1.165) is 10.8 Å². The van der Waals surface area contributed by atoms with Crippen molar-refractivity contribution >= 4 is 22.6 Å². The summed E-state index contributed by atoms with van der Waals surface area (Å²) in [5, 5.41) is 2.16. The van der Waals surface area contributed by atoms with Crippen LogP contribution in [0.25, 0.3) is 10.8 Å². The molecule has 5 nitrogen and oxygen atoms in total. The third-order valence-corrected chi connectivity index (χ3v) is 3.18. The fourth-order valence-electron chi connectivity index (χ4n) is 2.00. The monoisotopic (exact) mass is 301 g/mol. The van der Waals surface area contributed by atoms with Crippen LogP contribution in [-0.4, -0.2) is 43.6 Å². The fourth-order valence-corrected chi connectivity index (χ4v) is 2.00. The molecule has 2 aromatic carbocycles. The van der Waals surface area contributed by atoms with Crippen LogP contribution >= 0.6 is 0 Å². The molecule has 0 radical (unpaired) electrons. The third-order valence-electron chi connectivity index (χ3n) is 3.18. The first kappa shape index (κ1) is 15.8. The molecule has 0 saturated carbocycles. The van der Waals surface area contributed by atoms with Crippen molar-refractivity contribution in [2.75, 3.05) is 26.8 Å². The molecule has 0 fully saturated rings. The van der Waals surface area contributed by atoms with E-state index >= 15 is 0 Å². The van der Waals surface area contributed by atoms with Crippen LogP contribution in [0.1, 0.15) is 6.92 Å². The van der Waals surface area contributed by atoms with E-state index in [-0.39, 0.29) is 19.1 Å². The predicted octanol–water partition coefficient (Wildman–Crippen LogP) is 2.24. The molecule has 0 aliphatic rings. The first-order valence-corrected chi connectivity index (χ1v) is 7.11. The lowest BCUT2D eigenvalue weighted by atomic mass is 10.1. The molecule has 1 amide bonds. The molecule has 0 saturated heterocycles. The Labute approximate surface area is 129 Å². The predicted molar refractivity (Wildman–Crippen MR) is 83.7 cm³/mol. The van der Waals surface area contributed by atoms with Gasteiger partial charge in [0.2, 0.25) is 0 Å². The minimum Gasteiger partial charge on any atom is -0.484 e. The van der Waals surface area contributed by atoms with Gasteiger partial charge in [-0.1, -0.05) is 30.3 Å². The van der Waals surface area contributed by atoms with Crippen LogP contribution in [0.5, 0.6) is 5.75 Å². The highest BCUT2D eigenvalue weighted by Crippen LogP contribution is 2.20. The van der Waals surface area contributed by atoms with E-state index in [1.807, 2.05) is 42.5 Å². The quantitative estimate of drug-likeness (QED) is 0.768. The van der Waals surface area contributed by atoms with Crippen LogP contribution in [0.2, 0.25) is 0 Å². The maximum absolute atomic E-state index is 11.9. The SMILES string of the molecule is CCOC(=O)CN(C)C(=O)COc1ccc2ccccc2c1. The molecule has 116 valence electrons. The second-order valence-electron chi connectivity index (χ2n) is 4.85. The van der Waals surface area contributed by atoms with Gasteiger partial charge in [-0.15, -0.1) is 0 Å². The number of hydrogen-bond donors (Lipinski definition) is 0. The van der Waals surface area contributed by atoms with Gasteiger partial charge in [0.15, 0.2) is 6.61 Å². The number of carbonyl (C=O) groups is 2. The van der Waals surface area contributed by atoms with E-state index in [9.17, 15) is 9.59 Å². The van der Waals surface area contributed by atoms with Gasteiger partial charge in [0.05, 0.1) is 6.61 Å². The Hall–Kier alpha value is -2.56. The molecule has 0 bridgehead atoms. The molecule has 2 rings (SSSR count). The highest BCUT2D eigenvalue weighted by Gasteiger charge is 2.14. The summed E-state index contributed by atoms with van der Waals surface area (Å²) in [6.45, 7) is 1.83. The molecule has 0 aliphatic carbocycles. The molecule has 2 aromatic rings. The van der Waals surface area contributed by atoms with Crippen molar-refractivity contribution in [2.24, 2.45) is 0 Å². The van der Waals surface area contributed by atoms with E-state index in [1.54, 1.807) is 14.0 Å². The Kier molecular flexibility index (Phi) is 5.36. The zero-order chi connectivity index (χ0) is 15.9. The Bertz CT molecular complexity index is 669. The van der Waals surface area contributed by atoms with Gasteiger partial charge in [0, 0.05) is 7.05 Å². The van der Waals surface area contributed by atoms with E-state index in [0.29, 0.717) is 12.4 Å². The summed E-state index contributed by atoms with van der Waals surface area (Å²) in [5.74, 6) is -0.0816. The van der Waals surface area contributed by atoms with E-state index in [2.05, 4.69) is 0 Å². The molecular weight excluding hydrogens is 282 g/mol. The summed E-state index contributed by atoms with van der Waals surface area (Å²) in [5.41, 5.74) is 0. The lowest BCUT2D eigenvalue weighted by Gasteiger charge is -2.16. The van der Waals surface area contributed by atoms with E-state index in [4.69, 9.17) is 9.47 Å². The average Bonchev–Trinajstić information content (AvgIpc) is 2.52. The maximum Gasteiger partial charge on any atom is 0.325 e. The topological polar surface area (TPSA) is 55.8 Å². The van der Waals surface area contributed by atoms with Crippen molar-refractivity contribution < 1.29 is 19.1 Å². The van der Waals surface area contributed by atoms with Crippen molar-refractivity contribution in [1.82, 2.24) is 4.90 Å². The van der Waals surface area contributed by atoms with Gasteiger partial charge in [-0.3, -0.25) is 9.59 Å². The molecular formula is C17H19NO4. The van der Waals surface area contributed by atoms with Gasteiger partial charge >= 0.3 is 5.97 Å². The highest BCUT2D eigenvalue weighted by atomic mass is 16.5. The maximum atomic E-state index is 11.9. The van der Waals surface area contributed by atoms with E-state index < -0.39 is 5.97 Å². The van der Waals surface area contributed by atoms with Gasteiger partial charge in [-0.2, -0.15) is 0 Å². The van der Waals surface area contributed by atoms with Crippen molar-refractivity contribution in [3.8, 4) is 5.75 Å². The molecule has 0 aliphatic heterocycles. The molecule has 0 unspecified atom stereocenters. The standard InChI is InChI=1S/C17H19NO4/c1-3-21-17(20)11-18(2)16(19)12-22-15-9-8-13-6-4-5-7-14(13)10-15/h4-10H,3,11-12H2,1-2H3. The minimum absolute atomic E-state index is 0.0756. The summed E-state index contributed by atoms with van der Waals surface area (Å²) in [6, 6.07) is 13.6. The Morgan fingerprint density at radius 3 is 2.55 bits per heavy atom. The van der Waals surface area contributed by atoms with Crippen molar-refractivity contribution in [3.63, 3.8) is 0 Å². The Morgan fingerprint density at radius 1 is 1.09 bits per heavy atom. The van der Waals surface area contributed by atoms with Gasteiger partial charge < -0.3 is 14.4 Å². The molecule has 0 spiro atoms. The number of amides is 1. The molecule has 0 heterocycles. The Morgan fingerprint density at radius 2 is 1.82 bits per heavy atom. The van der Waals surface area contributed by atoms with Crippen LogP contribution in [0.3, 0.4) is 0 Å². The second-order valence-corrected chi connectivity index (χ2v) is 4.85. The van der Waals surface area contributed by atoms with Crippen LogP contribution in [-0.2, 0) is 14.3 Å². The molecule has 22 heavy (non-hydrogen) atoms. The van der Waals surface area contributed by atoms with E-state index in [1.165, 1.54) is 4.90 Å². The normalized spacial score (nSPS) is 10.3. The number of rotatable bonds is 6. The van der Waals surface area contributed by atoms with Crippen molar-refractivity contribution in [3.05, 3.63) is 42.5 Å². The van der Waals surface area contributed by atoms with Gasteiger partial charge in [-0.25, -0.2) is 0 Å². The number of carbonyl (C=O) groups excluding carboxylic acids is 2. The van der Waals surface area contributed by atoms with Gasteiger partial charge in [-0.05, 0) is 29.8 Å². The molecule has 0 N–H and O–H groups in total. The smallest absolute Gasteiger partial charge is 0.325 e. The summed E-state index contributed by atoms with van der Waals surface area (Å²) < 4.78 is 10.3. The van der Waals surface area contributed by atoms with Gasteiger partial charge in [0.1, 0.15) is 12.3 Å². The fraction of sp³-hybridized carbons (Fsp3) is 0.294. The minimum atomic E-state index is -0.427. The van der Waals surface area contributed by atoms with Crippen LogP contribution < -0.4 is 4.74 Å². The summed E-state index contributed by atoms with van der Waals surface area (Å²) in [4.78, 5) is 24.5. The highest BCUT2D eigenvalue weighted by molar-refractivity contribution is 5.84. The molecule has 0 aromatic heterocycles. The second kappa shape index (κ2) is 7.45. The molecule has 0 atom stereocenters. The van der Waals surface area contributed by atoms with Gasteiger partial charge in [0.25, 0.3) is 5.91 Å². The van der Waals surface area contributed by atoms with Crippen LogP contribution in [0, 0.1) is 0 Å². The molecule has 5 heteroatoms. The Balaban J connectivity index is 1.90. The number of benzene rings is 2. The first-order valence-electron chi connectivity index (χ1n) is 7.11. The van der Waals surface area contributed by atoms with Crippen LogP contribution in [0.4, 0.5) is 0 Å². The zero-order valence-electron chi connectivity index (χ0n) is 12.7. The average molecular weight is 301 g/mol. The van der Waals surface area contributed by atoms with Crippen LogP contribution in [0.15, 0.2) is 42.5 Å². The lowest BCUT2D eigenvalue weighted by Crippen LogP contribution is -2.36. The largest absolute Gasteiger partial charge is 0.484 e. The van der Waals surface area contributed by atoms with Crippen molar-refractivity contribution in [2.45, 2.75) is 6.92 Å². The first-order chi connectivity index (χ1) is 10.6. The number of nitrogens with zero attached hydrogens (tertiary/aromatic N) is 1. The number of hydrogen-bond acceptors (Lipinski definition) is 4. The third kappa shape index (κ3) is 4.22. The number of likely N-dealkylation sites (N-methyl/N-ethyl adjacent to an activating group) is 1. The number of esters is 1. The summed E-state index contributed by atoms with van der Waals surface area (Å²) in [7, 11) is 1.54. The lowest BCUT2D eigenvalue weighted by molar-refractivity contribution is -0.148. The summed E-state index contributed by atoms with van der Waals surface area (Å²) in [6.07, 6.45) is 0. The number of ether oxygens (including phenoxy) is 2. The summed E-state index contributed by atoms with van der Waals surface area (Å²) >= 11 is 0. The van der Waals surface area contributed by atoms with Crippen molar-refractivity contribution in [1.29, 1.82) is 0 Å². The zero-order valence-corrected chi connectivity index (χ0v) is 12.7. The number of fused-ring (bicyclic) bond motifs is 1.